The second-order valence-corrected chi connectivity index (χ2v) is 3.60. The quantitative estimate of drug-likeness (QED) is 0.716. The van der Waals surface area contributed by atoms with Crippen LogP contribution in [0.15, 0.2) is 12.3 Å². The van der Waals surface area contributed by atoms with Crippen LogP contribution >= 0.6 is 0 Å². The second kappa shape index (κ2) is 2.90. The molecule has 1 saturated carbocycles. The van der Waals surface area contributed by atoms with E-state index < -0.39 is 0 Å². The molecule has 0 saturated heterocycles. The van der Waals surface area contributed by atoms with E-state index in [-0.39, 0.29) is 6.04 Å². The van der Waals surface area contributed by atoms with E-state index in [0.29, 0.717) is 5.92 Å². The van der Waals surface area contributed by atoms with Crippen LogP contribution in [-0.2, 0) is 7.05 Å². The summed E-state index contributed by atoms with van der Waals surface area (Å²) in [5.41, 5.74) is 7.25. The van der Waals surface area contributed by atoms with E-state index in [1.165, 1.54) is 25.0 Å². The van der Waals surface area contributed by atoms with Gasteiger partial charge in [-0.25, -0.2) is 0 Å². The molecule has 2 rings (SSSR count). The third kappa shape index (κ3) is 1.14. The van der Waals surface area contributed by atoms with Crippen LogP contribution in [0.1, 0.15) is 31.0 Å². The van der Waals surface area contributed by atoms with Gasteiger partial charge in [-0.05, 0) is 24.8 Å². The predicted octanol–water partition coefficient (Wildman–Crippen LogP) is 1.22. The number of hydrogen-bond donors (Lipinski definition) is 1. The van der Waals surface area contributed by atoms with E-state index in [4.69, 9.17) is 5.73 Å². The summed E-state index contributed by atoms with van der Waals surface area (Å²) in [7, 11) is 1.95. The van der Waals surface area contributed by atoms with Gasteiger partial charge in [0.1, 0.15) is 0 Å². The normalized spacial score (nSPS) is 20.5. The third-order valence-corrected chi connectivity index (χ3v) is 2.86. The SMILES string of the molecule is Cn1nccc1C(N)C1CCC1. The van der Waals surface area contributed by atoms with Crippen molar-refractivity contribution in [2.24, 2.45) is 18.7 Å². The van der Waals surface area contributed by atoms with Crippen molar-refractivity contribution in [1.82, 2.24) is 9.78 Å². The molecule has 0 amide bonds. The maximum Gasteiger partial charge on any atom is 0.0550 e. The van der Waals surface area contributed by atoms with Crippen molar-refractivity contribution in [1.29, 1.82) is 0 Å². The van der Waals surface area contributed by atoms with Crippen LogP contribution in [0.5, 0.6) is 0 Å². The summed E-state index contributed by atoms with van der Waals surface area (Å²) in [6.07, 6.45) is 5.72. The zero-order valence-electron chi connectivity index (χ0n) is 7.40. The van der Waals surface area contributed by atoms with Crippen molar-refractivity contribution in [2.75, 3.05) is 0 Å². The summed E-state index contributed by atoms with van der Waals surface area (Å²) in [4.78, 5) is 0. The highest BCUT2D eigenvalue weighted by Crippen LogP contribution is 2.35. The Morgan fingerprint density at radius 2 is 2.42 bits per heavy atom. The van der Waals surface area contributed by atoms with Gasteiger partial charge in [0, 0.05) is 19.3 Å². The summed E-state index contributed by atoms with van der Waals surface area (Å²) in [6.45, 7) is 0. The maximum atomic E-state index is 6.08. The molecule has 1 aromatic rings. The Labute approximate surface area is 72.6 Å². The van der Waals surface area contributed by atoms with Gasteiger partial charge in [-0.15, -0.1) is 0 Å². The molecular weight excluding hydrogens is 150 g/mol. The molecule has 3 heteroatoms. The van der Waals surface area contributed by atoms with Gasteiger partial charge in [0.15, 0.2) is 0 Å². The number of nitrogens with zero attached hydrogens (tertiary/aromatic N) is 2. The number of rotatable bonds is 2. The lowest BCUT2D eigenvalue weighted by Crippen LogP contribution is -2.28. The van der Waals surface area contributed by atoms with Crippen molar-refractivity contribution in [3.05, 3.63) is 18.0 Å². The third-order valence-electron chi connectivity index (χ3n) is 2.86. The lowest BCUT2D eigenvalue weighted by Gasteiger charge is -2.31. The number of nitrogens with two attached hydrogens (primary N) is 1. The molecule has 0 aliphatic heterocycles. The van der Waals surface area contributed by atoms with Crippen LogP contribution in [0.4, 0.5) is 0 Å². The van der Waals surface area contributed by atoms with E-state index in [0.717, 1.165) is 0 Å². The van der Waals surface area contributed by atoms with E-state index in [2.05, 4.69) is 5.10 Å². The molecule has 0 radical (unpaired) electrons. The van der Waals surface area contributed by atoms with Crippen molar-refractivity contribution in [2.45, 2.75) is 25.3 Å². The highest BCUT2D eigenvalue weighted by Gasteiger charge is 2.26. The molecule has 2 N–H and O–H groups in total. The summed E-state index contributed by atoms with van der Waals surface area (Å²) in [5.74, 6) is 0.695. The van der Waals surface area contributed by atoms with Crippen LogP contribution < -0.4 is 5.73 Å². The van der Waals surface area contributed by atoms with Crippen molar-refractivity contribution >= 4 is 0 Å². The van der Waals surface area contributed by atoms with Crippen LogP contribution in [0.2, 0.25) is 0 Å². The smallest absolute Gasteiger partial charge is 0.0550 e. The lowest BCUT2D eigenvalue weighted by molar-refractivity contribution is 0.257. The van der Waals surface area contributed by atoms with Gasteiger partial charge in [0.05, 0.1) is 5.69 Å². The minimum Gasteiger partial charge on any atom is -0.322 e. The zero-order valence-corrected chi connectivity index (χ0v) is 7.40. The Bertz CT molecular complexity index is 262. The largest absolute Gasteiger partial charge is 0.322 e. The van der Waals surface area contributed by atoms with Gasteiger partial charge in [-0.2, -0.15) is 5.10 Å². The molecule has 1 fully saturated rings. The van der Waals surface area contributed by atoms with Crippen LogP contribution in [0.3, 0.4) is 0 Å². The molecule has 0 aromatic carbocycles. The Balaban J connectivity index is 2.13. The molecule has 12 heavy (non-hydrogen) atoms. The highest BCUT2D eigenvalue weighted by molar-refractivity contribution is 5.08. The Hall–Kier alpha value is -0.830. The van der Waals surface area contributed by atoms with E-state index in [1.54, 1.807) is 0 Å². The maximum absolute atomic E-state index is 6.08. The Kier molecular flexibility index (Phi) is 1.89. The first-order valence-corrected chi connectivity index (χ1v) is 4.52. The fourth-order valence-corrected chi connectivity index (χ4v) is 1.75. The van der Waals surface area contributed by atoms with Crippen molar-refractivity contribution in [3.63, 3.8) is 0 Å². The monoisotopic (exact) mass is 165 g/mol. The molecule has 1 aliphatic rings. The molecular formula is C9H15N3. The van der Waals surface area contributed by atoms with Gasteiger partial charge in [-0.1, -0.05) is 6.42 Å². The fraction of sp³-hybridized carbons (Fsp3) is 0.667. The summed E-state index contributed by atoms with van der Waals surface area (Å²) in [5, 5.41) is 4.12. The highest BCUT2D eigenvalue weighted by atomic mass is 15.3. The lowest BCUT2D eigenvalue weighted by atomic mass is 9.79. The topological polar surface area (TPSA) is 43.8 Å². The van der Waals surface area contributed by atoms with E-state index in [9.17, 15) is 0 Å². The van der Waals surface area contributed by atoms with Gasteiger partial charge in [0.25, 0.3) is 0 Å². The second-order valence-electron chi connectivity index (χ2n) is 3.60. The van der Waals surface area contributed by atoms with E-state index >= 15 is 0 Å². The average Bonchev–Trinajstić information content (AvgIpc) is 2.31. The molecule has 1 aliphatic carbocycles. The molecule has 66 valence electrons. The first-order chi connectivity index (χ1) is 5.79. The van der Waals surface area contributed by atoms with Gasteiger partial charge >= 0.3 is 0 Å². The van der Waals surface area contributed by atoms with Crippen LogP contribution in [0.25, 0.3) is 0 Å². The van der Waals surface area contributed by atoms with Crippen LogP contribution in [0, 0.1) is 5.92 Å². The molecule has 0 spiro atoms. The van der Waals surface area contributed by atoms with Crippen molar-refractivity contribution in [3.8, 4) is 0 Å². The van der Waals surface area contributed by atoms with Gasteiger partial charge < -0.3 is 5.73 Å². The predicted molar refractivity (Wildman–Crippen MR) is 47.5 cm³/mol. The summed E-state index contributed by atoms with van der Waals surface area (Å²) < 4.78 is 1.88. The molecule has 1 unspecified atom stereocenters. The summed E-state index contributed by atoms with van der Waals surface area (Å²) >= 11 is 0. The first-order valence-electron chi connectivity index (χ1n) is 4.52. The molecule has 0 bridgehead atoms. The molecule has 3 nitrogen and oxygen atoms in total. The first kappa shape index (κ1) is 7.80. The summed E-state index contributed by atoms with van der Waals surface area (Å²) in [6, 6.07) is 2.22. The molecule has 1 atom stereocenters. The zero-order chi connectivity index (χ0) is 8.55. The Morgan fingerprint density at radius 3 is 2.83 bits per heavy atom. The van der Waals surface area contributed by atoms with Crippen molar-refractivity contribution < 1.29 is 0 Å². The van der Waals surface area contributed by atoms with E-state index in [1.807, 2.05) is 24.0 Å². The minimum absolute atomic E-state index is 0.200. The number of aromatic nitrogens is 2. The van der Waals surface area contributed by atoms with Gasteiger partial charge in [0.2, 0.25) is 0 Å². The molecule has 1 heterocycles. The number of hydrogen-bond acceptors (Lipinski definition) is 2. The average molecular weight is 165 g/mol. The standard InChI is InChI=1S/C9H15N3/c1-12-8(5-6-11-12)9(10)7-3-2-4-7/h5-7,9H,2-4,10H2,1H3. The number of aryl methyl sites for hydroxylation is 1. The minimum atomic E-state index is 0.200. The fourth-order valence-electron chi connectivity index (χ4n) is 1.75. The molecule has 1 aromatic heterocycles. The van der Waals surface area contributed by atoms with Crippen LogP contribution in [-0.4, -0.2) is 9.78 Å². The van der Waals surface area contributed by atoms with Gasteiger partial charge in [-0.3, -0.25) is 4.68 Å². The Morgan fingerprint density at radius 1 is 1.67 bits per heavy atom.